The van der Waals surface area contributed by atoms with E-state index in [1.165, 1.54) is 25.8 Å². The summed E-state index contributed by atoms with van der Waals surface area (Å²) in [4.78, 5) is 2.39. The van der Waals surface area contributed by atoms with Gasteiger partial charge in [0.15, 0.2) is 0 Å². The average molecular weight is 238 g/mol. The van der Waals surface area contributed by atoms with Gasteiger partial charge in [-0.1, -0.05) is 6.42 Å². The van der Waals surface area contributed by atoms with E-state index < -0.39 is 0 Å². The van der Waals surface area contributed by atoms with Gasteiger partial charge in [0.05, 0.1) is 13.2 Å². The number of hydrogen-bond acceptors (Lipinski definition) is 4. The minimum atomic E-state index is 0.450. The Labute approximate surface area is 103 Å². The number of ether oxygens (including phenoxy) is 1. The highest BCUT2D eigenvalue weighted by atomic mass is 16.5. The summed E-state index contributed by atoms with van der Waals surface area (Å²) in [5.74, 6) is 1.68. The fraction of sp³-hybridized carbons (Fsp3) is 0.692. The van der Waals surface area contributed by atoms with Crippen LogP contribution >= 0.6 is 0 Å². The van der Waals surface area contributed by atoms with Crippen LogP contribution in [0, 0.1) is 0 Å². The van der Waals surface area contributed by atoms with E-state index in [0.29, 0.717) is 19.2 Å². The molecule has 0 amide bonds. The van der Waals surface area contributed by atoms with Crippen molar-refractivity contribution in [2.75, 3.05) is 20.2 Å². The molecule has 1 atom stereocenters. The number of nitrogens with two attached hydrogens (primary N) is 1. The Morgan fingerprint density at radius 3 is 2.94 bits per heavy atom. The highest BCUT2D eigenvalue weighted by Gasteiger charge is 2.18. The predicted octanol–water partition coefficient (Wildman–Crippen LogP) is 1.74. The summed E-state index contributed by atoms with van der Waals surface area (Å²) < 4.78 is 11.2. The molecule has 0 radical (unpaired) electrons. The second-order valence-corrected chi connectivity index (χ2v) is 4.72. The second-order valence-electron chi connectivity index (χ2n) is 4.72. The molecular weight excluding hydrogens is 216 g/mol. The van der Waals surface area contributed by atoms with Crippen LogP contribution in [0.5, 0.6) is 0 Å². The molecule has 1 aromatic rings. The molecule has 1 aliphatic rings. The summed E-state index contributed by atoms with van der Waals surface area (Å²) in [6.07, 6.45) is 3.87. The Kier molecular flexibility index (Phi) is 4.59. The van der Waals surface area contributed by atoms with Gasteiger partial charge in [0.2, 0.25) is 0 Å². The zero-order valence-electron chi connectivity index (χ0n) is 10.5. The average Bonchev–Trinajstić information content (AvgIpc) is 2.80. The Morgan fingerprint density at radius 1 is 1.41 bits per heavy atom. The number of piperidine rings is 1. The SMILES string of the molecule is CN1CCCCC1COCc1ccc(CN)o1. The van der Waals surface area contributed by atoms with Crippen molar-refractivity contribution < 1.29 is 9.15 Å². The summed E-state index contributed by atoms with van der Waals surface area (Å²) in [6, 6.07) is 4.41. The Hall–Kier alpha value is -0.840. The minimum absolute atomic E-state index is 0.450. The van der Waals surface area contributed by atoms with Gasteiger partial charge in [-0.15, -0.1) is 0 Å². The van der Waals surface area contributed by atoms with E-state index in [-0.39, 0.29) is 0 Å². The molecule has 0 spiro atoms. The van der Waals surface area contributed by atoms with Crippen LogP contribution in [0.15, 0.2) is 16.5 Å². The van der Waals surface area contributed by atoms with Gasteiger partial charge in [-0.05, 0) is 38.6 Å². The van der Waals surface area contributed by atoms with E-state index >= 15 is 0 Å². The molecule has 2 N–H and O–H groups in total. The van der Waals surface area contributed by atoms with Crippen molar-refractivity contribution in [3.05, 3.63) is 23.7 Å². The van der Waals surface area contributed by atoms with Crippen LogP contribution in [0.4, 0.5) is 0 Å². The highest BCUT2D eigenvalue weighted by molar-refractivity contribution is 5.05. The van der Waals surface area contributed by atoms with Crippen LogP contribution in [0.2, 0.25) is 0 Å². The molecule has 1 aromatic heterocycles. The highest BCUT2D eigenvalue weighted by Crippen LogP contribution is 2.16. The zero-order valence-corrected chi connectivity index (χ0v) is 10.5. The number of likely N-dealkylation sites (N-methyl/N-ethyl adjacent to an activating group) is 1. The smallest absolute Gasteiger partial charge is 0.129 e. The van der Waals surface area contributed by atoms with E-state index in [9.17, 15) is 0 Å². The van der Waals surface area contributed by atoms with Crippen molar-refractivity contribution >= 4 is 0 Å². The first-order valence-electron chi connectivity index (χ1n) is 6.35. The van der Waals surface area contributed by atoms with Crippen molar-refractivity contribution in [3.8, 4) is 0 Å². The van der Waals surface area contributed by atoms with Crippen molar-refractivity contribution in [2.24, 2.45) is 5.73 Å². The molecule has 4 heteroatoms. The van der Waals surface area contributed by atoms with Gasteiger partial charge in [-0.3, -0.25) is 0 Å². The lowest BCUT2D eigenvalue weighted by Gasteiger charge is -2.32. The molecule has 1 unspecified atom stereocenters. The molecule has 0 saturated carbocycles. The summed E-state index contributed by atoms with van der Waals surface area (Å²) in [5, 5.41) is 0. The van der Waals surface area contributed by atoms with Crippen LogP contribution in [-0.2, 0) is 17.9 Å². The van der Waals surface area contributed by atoms with E-state index in [2.05, 4.69) is 11.9 Å². The van der Waals surface area contributed by atoms with Crippen LogP contribution in [0.25, 0.3) is 0 Å². The molecule has 0 aromatic carbocycles. The first-order chi connectivity index (χ1) is 8.29. The minimum Gasteiger partial charge on any atom is -0.462 e. The number of rotatable bonds is 5. The lowest BCUT2D eigenvalue weighted by Crippen LogP contribution is -2.39. The fourth-order valence-corrected chi connectivity index (χ4v) is 2.26. The van der Waals surface area contributed by atoms with E-state index in [0.717, 1.165) is 18.1 Å². The summed E-state index contributed by atoms with van der Waals surface area (Å²) in [7, 11) is 2.17. The molecule has 2 rings (SSSR count). The predicted molar refractivity (Wildman–Crippen MR) is 66.5 cm³/mol. The van der Waals surface area contributed by atoms with Crippen molar-refractivity contribution in [1.29, 1.82) is 0 Å². The first-order valence-corrected chi connectivity index (χ1v) is 6.35. The molecule has 1 aliphatic heterocycles. The topological polar surface area (TPSA) is 51.6 Å². The van der Waals surface area contributed by atoms with E-state index in [1.54, 1.807) is 0 Å². The lowest BCUT2D eigenvalue weighted by molar-refractivity contribution is 0.0371. The molecule has 96 valence electrons. The monoisotopic (exact) mass is 238 g/mol. The molecule has 1 saturated heterocycles. The number of likely N-dealkylation sites (tertiary alicyclic amines) is 1. The second kappa shape index (κ2) is 6.19. The van der Waals surface area contributed by atoms with Gasteiger partial charge < -0.3 is 19.8 Å². The number of hydrogen-bond donors (Lipinski definition) is 1. The Balaban J connectivity index is 1.71. The molecule has 17 heavy (non-hydrogen) atoms. The van der Waals surface area contributed by atoms with Gasteiger partial charge in [-0.2, -0.15) is 0 Å². The molecule has 4 nitrogen and oxygen atoms in total. The van der Waals surface area contributed by atoms with Gasteiger partial charge in [0.1, 0.15) is 18.1 Å². The third-order valence-electron chi connectivity index (χ3n) is 3.39. The van der Waals surface area contributed by atoms with Gasteiger partial charge in [-0.25, -0.2) is 0 Å². The zero-order chi connectivity index (χ0) is 12.1. The van der Waals surface area contributed by atoms with Gasteiger partial charge >= 0.3 is 0 Å². The standard InChI is InChI=1S/C13H22N2O2/c1-15-7-3-2-4-11(15)9-16-10-13-6-5-12(8-14)17-13/h5-6,11H,2-4,7-10,14H2,1H3. The van der Waals surface area contributed by atoms with Crippen molar-refractivity contribution in [2.45, 2.75) is 38.5 Å². The maximum absolute atomic E-state index is 5.71. The normalized spacial score (nSPS) is 21.9. The van der Waals surface area contributed by atoms with E-state index in [1.807, 2.05) is 12.1 Å². The fourth-order valence-electron chi connectivity index (χ4n) is 2.26. The lowest BCUT2D eigenvalue weighted by atomic mass is 10.0. The van der Waals surface area contributed by atoms with Crippen LogP contribution in [-0.4, -0.2) is 31.1 Å². The Bertz CT molecular complexity index is 338. The Morgan fingerprint density at radius 2 is 2.24 bits per heavy atom. The van der Waals surface area contributed by atoms with Crippen molar-refractivity contribution in [3.63, 3.8) is 0 Å². The molecular formula is C13H22N2O2. The van der Waals surface area contributed by atoms with Crippen LogP contribution in [0.3, 0.4) is 0 Å². The molecule has 0 bridgehead atoms. The molecule has 0 aliphatic carbocycles. The maximum Gasteiger partial charge on any atom is 0.129 e. The maximum atomic E-state index is 5.71. The first kappa shape index (κ1) is 12.6. The molecule has 2 heterocycles. The van der Waals surface area contributed by atoms with Crippen LogP contribution in [0.1, 0.15) is 30.8 Å². The van der Waals surface area contributed by atoms with Gasteiger partial charge in [0.25, 0.3) is 0 Å². The molecule has 1 fully saturated rings. The number of nitrogens with zero attached hydrogens (tertiary/aromatic N) is 1. The summed E-state index contributed by atoms with van der Waals surface area (Å²) in [6.45, 7) is 2.97. The largest absolute Gasteiger partial charge is 0.462 e. The van der Waals surface area contributed by atoms with Crippen molar-refractivity contribution in [1.82, 2.24) is 4.90 Å². The van der Waals surface area contributed by atoms with E-state index in [4.69, 9.17) is 14.9 Å². The third kappa shape index (κ3) is 3.56. The quantitative estimate of drug-likeness (QED) is 0.849. The van der Waals surface area contributed by atoms with Gasteiger partial charge in [0, 0.05) is 6.04 Å². The summed E-state index contributed by atoms with van der Waals surface area (Å²) >= 11 is 0. The third-order valence-corrected chi connectivity index (χ3v) is 3.39. The summed E-state index contributed by atoms with van der Waals surface area (Å²) in [5.41, 5.74) is 5.49. The van der Waals surface area contributed by atoms with Crippen LogP contribution < -0.4 is 5.73 Å². The number of furan rings is 1.